The van der Waals surface area contributed by atoms with Gasteiger partial charge in [-0.2, -0.15) is 0 Å². The molecule has 1 aromatic carbocycles. The first-order chi connectivity index (χ1) is 10.9. The van der Waals surface area contributed by atoms with E-state index in [0.717, 1.165) is 6.08 Å². The molecule has 1 aliphatic heterocycles. The smallest absolute Gasteiger partial charge is 0.331 e. The standard InChI is InChI=1S/C15H18O8/c16-7-10-12(19)13(20)14(15(21)22-10)23-11(18)6-3-8-1-4-9(17)5-2-8/h1-6,10,12-17,19-21H,7H2/b6-3+/t10-,12-,13+,14-,15-/m1/s1. The van der Waals surface area contributed by atoms with Crippen molar-refractivity contribution in [1.82, 2.24) is 0 Å². The number of esters is 1. The van der Waals surface area contributed by atoms with Gasteiger partial charge in [-0.1, -0.05) is 12.1 Å². The summed E-state index contributed by atoms with van der Waals surface area (Å²) in [6, 6.07) is 6.03. The van der Waals surface area contributed by atoms with Crippen LogP contribution in [-0.2, 0) is 14.3 Å². The molecule has 1 fully saturated rings. The van der Waals surface area contributed by atoms with Crippen molar-refractivity contribution in [2.75, 3.05) is 6.61 Å². The van der Waals surface area contributed by atoms with Gasteiger partial charge in [-0.3, -0.25) is 0 Å². The second kappa shape index (κ2) is 7.53. The highest BCUT2D eigenvalue weighted by Gasteiger charge is 2.45. The van der Waals surface area contributed by atoms with Crippen molar-refractivity contribution in [3.05, 3.63) is 35.9 Å². The van der Waals surface area contributed by atoms with Crippen LogP contribution >= 0.6 is 0 Å². The van der Waals surface area contributed by atoms with Crippen LogP contribution < -0.4 is 0 Å². The first-order valence-corrected chi connectivity index (χ1v) is 6.90. The topological polar surface area (TPSA) is 137 Å². The number of aliphatic hydroxyl groups excluding tert-OH is 4. The van der Waals surface area contributed by atoms with Gasteiger partial charge in [-0.15, -0.1) is 0 Å². The normalized spacial score (nSPS) is 31.2. The van der Waals surface area contributed by atoms with Crippen LogP contribution in [0.25, 0.3) is 6.08 Å². The summed E-state index contributed by atoms with van der Waals surface area (Å²) in [6.07, 6.45) is -4.93. The van der Waals surface area contributed by atoms with Crippen molar-refractivity contribution in [1.29, 1.82) is 0 Å². The third-order valence-electron chi connectivity index (χ3n) is 3.40. The van der Waals surface area contributed by atoms with Gasteiger partial charge in [0.15, 0.2) is 12.4 Å². The van der Waals surface area contributed by atoms with E-state index in [1.165, 1.54) is 18.2 Å². The summed E-state index contributed by atoms with van der Waals surface area (Å²) in [5.74, 6) is -0.776. The van der Waals surface area contributed by atoms with E-state index in [2.05, 4.69) is 0 Å². The van der Waals surface area contributed by atoms with Crippen molar-refractivity contribution in [3.63, 3.8) is 0 Å². The molecule has 0 unspecified atom stereocenters. The lowest BCUT2D eigenvalue weighted by Crippen LogP contribution is -2.59. The largest absolute Gasteiger partial charge is 0.508 e. The Labute approximate surface area is 131 Å². The first-order valence-electron chi connectivity index (χ1n) is 6.90. The molecule has 5 atom stereocenters. The Kier molecular flexibility index (Phi) is 5.69. The molecule has 1 heterocycles. The number of aliphatic hydroxyl groups is 4. The fourth-order valence-electron chi connectivity index (χ4n) is 2.12. The molecule has 8 heteroatoms. The van der Waals surface area contributed by atoms with Crippen LogP contribution in [0.2, 0.25) is 0 Å². The van der Waals surface area contributed by atoms with Gasteiger partial charge in [0.1, 0.15) is 24.1 Å². The third-order valence-corrected chi connectivity index (χ3v) is 3.40. The van der Waals surface area contributed by atoms with Crippen LogP contribution in [0, 0.1) is 0 Å². The minimum atomic E-state index is -1.67. The van der Waals surface area contributed by atoms with E-state index in [-0.39, 0.29) is 5.75 Å². The predicted octanol–water partition coefficient (Wildman–Crippen LogP) is -1.25. The second-order valence-corrected chi connectivity index (χ2v) is 5.06. The highest BCUT2D eigenvalue weighted by atomic mass is 16.7. The van der Waals surface area contributed by atoms with Gasteiger partial charge < -0.3 is 35.0 Å². The summed E-state index contributed by atoms with van der Waals surface area (Å²) in [5, 5.41) is 47.3. The Balaban J connectivity index is 1.97. The summed E-state index contributed by atoms with van der Waals surface area (Å²) in [5.41, 5.74) is 0.626. The fourth-order valence-corrected chi connectivity index (χ4v) is 2.12. The molecule has 1 aromatic rings. The van der Waals surface area contributed by atoms with Crippen molar-refractivity contribution < 1.29 is 39.8 Å². The number of aromatic hydroxyl groups is 1. The Bertz CT molecular complexity index is 555. The zero-order valence-electron chi connectivity index (χ0n) is 12.0. The molecule has 1 saturated heterocycles. The van der Waals surface area contributed by atoms with Gasteiger partial charge in [0.2, 0.25) is 0 Å². The summed E-state index contributed by atoms with van der Waals surface area (Å²) >= 11 is 0. The van der Waals surface area contributed by atoms with Crippen molar-refractivity contribution in [2.45, 2.75) is 30.7 Å². The highest BCUT2D eigenvalue weighted by Crippen LogP contribution is 2.22. The maximum atomic E-state index is 11.7. The summed E-state index contributed by atoms with van der Waals surface area (Å²) < 4.78 is 9.76. The van der Waals surface area contributed by atoms with E-state index in [9.17, 15) is 20.1 Å². The Morgan fingerprint density at radius 2 is 1.83 bits per heavy atom. The third kappa shape index (κ3) is 4.27. The highest BCUT2D eigenvalue weighted by molar-refractivity contribution is 5.87. The predicted molar refractivity (Wildman–Crippen MR) is 77.0 cm³/mol. The number of phenols is 1. The number of rotatable bonds is 4. The molecular formula is C15H18O8. The van der Waals surface area contributed by atoms with Crippen molar-refractivity contribution in [2.24, 2.45) is 0 Å². The van der Waals surface area contributed by atoms with Gasteiger partial charge in [-0.25, -0.2) is 4.79 Å². The zero-order valence-corrected chi connectivity index (χ0v) is 12.0. The van der Waals surface area contributed by atoms with Crippen LogP contribution in [0.4, 0.5) is 0 Å². The summed E-state index contributed by atoms with van der Waals surface area (Å²) in [6.45, 7) is -0.600. The lowest BCUT2D eigenvalue weighted by Gasteiger charge is -2.39. The first kappa shape index (κ1) is 17.4. The number of carbonyl (C=O) groups is 1. The van der Waals surface area contributed by atoms with E-state index in [1.54, 1.807) is 12.1 Å². The van der Waals surface area contributed by atoms with E-state index in [1.807, 2.05) is 0 Å². The monoisotopic (exact) mass is 326 g/mol. The van der Waals surface area contributed by atoms with Crippen LogP contribution in [0.5, 0.6) is 5.75 Å². The molecule has 23 heavy (non-hydrogen) atoms. The maximum absolute atomic E-state index is 11.7. The molecule has 1 aliphatic rings. The van der Waals surface area contributed by atoms with Gasteiger partial charge >= 0.3 is 5.97 Å². The Hall–Kier alpha value is -1.97. The quantitative estimate of drug-likeness (QED) is 0.342. The number of carbonyl (C=O) groups excluding carboxylic acids is 1. The molecule has 0 amide bonds. The average Bonchev–Trinajstić information content (AvgIpc) is 2.54. The van der Waals surface area contributed by atoms with Crippen molar-refractivity contribution in [3.8, 4) is 5.75 Å². The molecule has 0 radical (unpaired) electrons. The molecule has 8 nitrogen and oxygen atoms in total. The van der Waals surface area contributed by atoms with E-state index < -0.39 is 43.3 Å². The Morgan fingerprint density at radius 1 is 1.17 bits per heavy atom. The molecular weight excluding hydrogens is 308 g/mol. The molecule has 0 aliphatic carbocycles. The molecule has 0 saturated carbocycles. The second-order valence-electron chi connectivity index (χ2n) is 5.06. The van der Waals surface area contributed by atoms with Crippen LogP contribution in [0.15, 0.2) is 30.3 Å². The number of hydrogen-bond donors (Lipinski definition) is 5. The minimum Gasteiger partial charge on any atom is -0.508 e. The van der Waals surface area contributed by atoms with Crippen LogP contribution in [0.1, 0.15) is 5.56 Å². The molecule has 0 spiro atoms. The summed E-state index contributed by atoms with van der Waals surface area (Å²) in [7, 11) is 0. The van der Waals surface area contributed by atoms with E-state index >= 15 is 0 Å². The van der Waals surface area contributed by atoms with Crippen LogP contribution in [-0.4, -0.2) is 68.8 Å². The van der Waals surface area contributed by atoms with E-state index in [0.29, 0.717) is 5.56 Å². The molecule has 126 valence electrons. The maximum Gasteiger partial charge on any atom is 0.331 e. The molecule has 2 rings (SSSR count). The molecule has 0 bridgehead atoms. The SMILES string of the molecule is O=C(/C=C/c1ccc(O)cc1)O[C@@H]1[C@@H](O)[C@H](O)[C@@H](CO)O[C@H]1O. The van der Waals surface area contributed by atoms with Crippen molar-refractivity contribution >= 4 is 12.0 Å². The Morgan fingerprint density at radius 3 is 2.43 bits per heavy atom. The lowest BCUT2D eigenvalue weighted by atomic mass is 9.99. The van der Waals surface area contributed by atoms with Gasteiger partial charge in [0.25, 0.3) is 0 Å². The van der Waals surface area contributed by atoms with E-state index in [4.69, 9.17) is 19.7 Å². The summed E-state index contributed by atoms with van der Waals surface area (Å²) in [4.78, 5) is 11.7. The van der Waals surface area contributed by atoms with Gasteiger partial charge in [0, 0.05) is 6.08 Å². The number of ether oxygens (including phenoxy) is 2. The lowest BCUT2D eigenvalue weighted by molar-refractivity contribution is -0.289. The number of hydrogen-bond acceptors (Lipinski definition) is 8. The number of benzene rings is 1. The van der Waals surface area contributed by atoms with Gasteiger partial charge in [0.05, 0.1) is 6.61 Å². The molecule has 5 N–H and O–H groups in total. The van der Waals surface area contributed by atoms with Gasteiger partial charge in [-0.05, 0) is 23.8 Å². The number of phenolic OH excluding ortho intramolecular Hbond substituents is 1. The fraction of sp³-hybridized carbons (Fsp3) is 0.400. The molecule has 0 aromatic heterocycles. The average molecular weight is 326 g/mol. The van der Waals surface area contributed by atoms with Crippen LogP contribution in [0.3, 0.4) is 0 Å². The minimum absolute atomic E-state index is 0.0859. The zero-order chi connectivity index (χ0) is 17.0.